The van der Waals surface area contributed by atoms with Gasteiger partial charge in [0.15, 0.2) is 0 Å². The summed E-state index contributed by atoms with van der Waals surface area (Å²) in [6.45, 7) is 6.52. The van der Waals surface area contributed by atoms with Crippen molar-refractivity contribution in [1.82, 2.24) is 0 Å². The Kier molecular flexibility index (Phi) is 6.37. The molecular formula is C20H28O3. The molecule has 0 bridgehead atoms. The molecule has 3 atom stereocenters. The minimum Gasteiger partial charge on any atom is -0.456 e. The maximum absolute atomic E-state index is 12.1. The summed E-state index contributed by atoms with van der Waals surface area (Å²) >= 11 is 0. The first kappa shape index (κ1) is 17.7. The average Bonchev–Trinajstić information content (AvgIpc) is 2.53. The minimum atomic E-state index is -0.648. The summed E-state index contributed by atoms with van der Waals surface area (Å²) in [6.07, 6.45) is 3.84. The molecule has 0 aliphatic heterocycles. The van der Waals surface area contributed by atoms with Gasteiger partial charge in [0.05, 0.1) is 0 Å². The fourth-order valence-corrected chi connectivity index (χ4v) is 3.46. The van der Waals surface area contributed by atoms with Crippen molar-refractivity contribution in [2.24, 2.45) is 17.8 Å². The summed E-state index contributed by atoms with van der Waals surface area (Å²) in [7, 11) is 0. The van der Waals surface area contributed by atoms with Gasteiger partial charge in [0.2, 0.25) is 5.78 Å². The summed E-state index contributed by atoms with van der Waals surface area (Å²) in [4.78, 5) is 24.2. The Morgan fingerprint density at radius 2 is 1.87 bits per heavy atom. The zero-order chi connectivity index (χ0) is 16.8. The molecule has 0 N–H and O–H groups in total. The zero-order valence-corrected chi connectivity index (χ0v) is 14.5. The molecule has 1 aromatic rings. The van der Waals surface area contributed by atoms with Gasteiger partial charge < -0.3 is 4.74 Å². The molecule has 2 rings (SSSR count). The van der Waals surface area contributed by atoms with Gasteiger partial charge in [-0.3, -0.25) is 4.79 Å². The topological polar surface area (TPSA) is 43.4 Å². The maximum atomic E-state index is 12.1. The lowest BCUT2D eigenvalue weighted by atomic mass is 9.75. The first-order valence-electron chi connectivity index (χ1n) is 8.75. The Morgan fingerprint density at radius 1 is 1.17 bits per heavy atom. The predicted molar refractivity (Wildman–Crippen MR) is 91.0 cm³/mol. The largest absolute Gasteiger partial charge is 0.456 e. The molecule has 3 unspecified atom stereocenters. The first-order chi connectivity index (χ1) is 11.0. The molecular weight excluding hydrogens is 288 g/mol. The van der Waals surface area contributed by atoms with Crippen LogP contribution in [0.25, 0.3) is 0 Å². The highest BCUT2D eigenvalue weighted by molar-refractivity contribution is 6.33. The van der Waals surface area contributed by atoms with Crippen LogP contribution < -0.4 is 0 Å². The van der Waals surface area contributed by atoms with E-state index < -0.39 is 11.8 Å². The van der Waals surface area contributed by atoms with Crippen molar-refractivity contribution in [3.63, 3.8) is 0 Å². The number of hydrogen-bond donors (Lipinski definition) is 0. The van der Waals surface area contributed by atoms with E-state index >= 15 is 0 Å². The number of ether oxygens (including phenoxy) is 1. The number of carbonyl (C=O) groups excluding carboxylic acids is 2. The highest BCUT2D eigenvalue weighted by Gasteiger charge is 2.34. The fraction of sp³-hybridized carbons (Fsp3) is 0.600. The number of esters is 1. The molecule has 0 radical (unpaired) electrons. The Hall–Kier alpha value is -1.64. The molecule has 1 saturated carbocycles. The molecule has 1 fully saturated rings. The molecule has 3 nitrogen and oxygen atoms in total. The summed E-state index contributed by atoms with van der Waals surface area (Å²) in [6, 6.07) is 9.76. The second kappa shape index (κ2) is 8.28. The van der Waals surface area contributed by atoms with E-state index in [1.54, 1.807) is 0 Å². The molecule has 0 spiro atoms. The van der Waals surface area contributed by atoms with E-state index in [1.165, 1.54) is 6.42 Å². The summed E-state index contributed by atoms with van der Waals surface area (Å²) in [5, 5.41) is 0. The van der Waals surface area contributed by atoms with Crippen molar-refractivity contribution >= 4 is 11.8 Å². The van der Waals surface area contributed by atoms with Gasteiger partial charge in [-0.25, -0.2) is 4.79 Å². The molecule has 0 aromatic heterocycles. The second-order valence-electron chi connectivity index (χ2n) is 7.18. The average molecular weight is 316 g/mol. The van der Waals surface area contributed by atoms with Crippen molar-refractivity contribution in [2.75, 3.05) is 0 Å². The van der Waals surface area contributed by atoms with Crippen molar-refractivity contribution in [3.05, 3.63) is 35.9 Å². The Morgan fingerprint density at radius 3 is 2.52 bits per heavy atom. The highest BCUT2D eigenvalue weighted by Crippen LogP contribution is 2.35. The van der Waals surface area contributed by atoms with E-state index in [2.05, 4.69) is 20.8 Å². The Bertz CT molecular complexity index is 521. The standard InChI is InChI=1S/C20H28O3/c1-14(2)17-11-9-15(3)13-19(17)23-20(22)18(21)12-10-16-7-5-4-6-8-16/h4-8,14-15,17,19H,9-13H2,1-3H3. The van der Waals surface area contributed by atoms with Crippen molar-refractivity contribution in [2.45, 2.75) is 59.0 Å². The van der Waals surface area contributed by atoms with Gasteiger partial charge in [-0.1, -0.05) is 57.5 Å². The molecule has 3 heteroatoms. The second-order valence-corrected chi connectivity index (χ2v) is 7.18. The third-order valence-electron chi connectivity index (χ3n) is 4.93. The van der Waals surface area contributed by atoms with E-state index in [9.17, 15) is 9.59 Å². The van der Waals surface area contributed by atoms with Gasteiger partial charge in [-0.05, 0) is 42.6 Å². The summed E-state index contributed by atoms with van der Waals surface area (Å²) in [5.74, 6) is 0.347. The fourth-order valence-electron chi connectivity index (χ4n) is 3.46. The molecule has 0 amide bonds. The third-order valence-corrected chi connectivity index (χ3v) is 4.93. The molecule has 126 valence electrons. The van der Waals surface area contributed by atoms with Gasteiger partial charge in [0, 0.05) is 6.42 Å². The number of carbonyl (C=O) groups is 2. The van der Waals surface area contributed by atoms with Gasteiger partial charge in [-0.15, -0.1) is 0 Å². The van der Waals surface area contributed by atoms with Crippen LogP contribution >= 0.6 is 0 Å². The third kappa shape index (κ3) is 5.19. The number of benzene rings is 1. The number of rotatable bonds is 6. The molecule has 1 aliphatic rings. The number of ketones is 1. The predicted octanol–water partition coefficient (Wildman–Crippen LogP) is 4.19. The van der Waals surface area contributed by atoms with Gasteiger partial charge in [-0.2, -0.15) is 0 Å². The van der Waals surface area contributed by atoms with E-state index in [1.807, 2.05) is 30.3 Å². The van der Waals surface area contributed by atoms with Crippen LogP contribution in [0.3, 0.4) is 0 Å². The van der Waals surface area contributed by atoms with E-state index in [0.717, 1.165) is 18.4 Å². The van der Waals surface area contributed by atoms with Crippen LogP contribution in [0, 0.1) is 17.8 Å². The first-order valence-corrected chi connectivity index (χ1v) is 8.75. The van der Waals surface area contributed by atoms with Crippen LogP contribution in [0.5, 0.6) is 0 Å². The van der Waals surface area contributed by atoms with Crippen LogP contribution in [0.2, 0.25) is 0 Å². The molecule has 23 heavy (non-hydrogen) atoms. The number of hydrogen-bond acceptors (Lipinski definition) is 3. The Labute approximate surface area is 139 Å². The van der Waals surface area contributed by atoms with E-state index in [4.69, 9.17) is 4.74 Å². The van der Waals surface area contributed by atoms with Crippen molar-refractivity contribution in [1.29, 1.82) is 0 Å². The maximum Gasteiger partial charge on any atom is 0.374 e. The van der Waals surface area contributed by atoms with Crippen molar-refractivity contribution in [3.8, 4) is 0 Å². The lowest BCUT2D eigenvalue weighted by Crippen LogP contribution is -2.37. The SMILES string of the molecule is CC1CCC(C(C)C)C(OC(=O)C(=O)CCc2ccccc2)C1. The molecule has 1 aromatic carbocycles. The minimum absolute atomic E-state index is 0.105. The quantitative estimate of drug-likeness (QED) is 0.584. The molecule has 0 saturated heterocycles. The van der Waals surface area contributed by atoms with Gasteiger partial charge >= 0.3 is 5.97 Å². The number of Topliss-reactive ketones (excluding diaryl/α,β-unsaturated/α-hetero) is 1. The lowest BCUT2D eigenvalue weighted by molar-refractivity contribution is -0.163. The number of aryl methyl sites for hydroxylation is 1. The van der Waals surface area contributed by atoms with Gasteiger partial charge in [0.1, 0.15) is 6.10 Å². The van der Waals surface area contributed by atoms with Gasteiger partial charge in [0.25, 0.3) is 0 Å². The van der Waals surface area contributed by atoms with Crippen molar-refractivity contribution < 1.29 is 14.3 Å². The summed E-state index contributed by atoms with van der Waals surface area (Å²) < 4.78 is 5.60. The monoisotopic (exact) mass is 316 g/mol. The smallest absolute Gasteiger partial charge is 0.374 e. The van der Waals surface area contributed by atoms with Crippen LogP contribution in [0.1, 0.15) is 52.0 Å². The van der Waals surface area contributed by atoms with Crippen LogP contribution in [-0.4, -0.2) is 17.9 Å². The lowest BCUT2D eigenvalue weighted by Gasteiger charge is -2.36. The van der Waals surface area contributed by atoms with Crippen LogP contribution in [-0.2, 0) is 20.7 Å². The molecule has 1 aliphatic carbocycles. The van der Waals surface area contributed by atoms with E-state index in [-0.39, 0.29) is 12.5 Å². The van der Waals surface area contributed by atoms with E-state index in [0.29, 0.717) is 24.2 Å². The van der Waals surface area contributed by atoms with Crippen LogP contribution in [0.4, 0.5) is 0 Å². The Balaban J connectivity index is 1.87. The van der Waals surface area contributed by atoms with Crippen LogP contribution in [0.15, 0.2) is 30.3 Å². The summed E-state index contributed by atoms with van der Waals surface area (Å²) in [5.41, 5.74) is 1.07. The highest BCUT2D eigenvalue weighted by atomic mass is 16.5. The zero-order valence-electron chi connectivity index (χ0n) is 14.5. The normalized spacial score (nSPS) is 24.4. The molecule has 0 heterocycles.